The molecule has 3 rings (SSSR count). The zero-order valence-corrected chi connectivity index (χ0v) is 11.4. The molecule has 1 amide bonds. The van der Waals surface area contributed by atoms with Gasteiger partial charge in [-0.05, 0) is 24.3 Å². The summed E-state index contributed by atoms with van der Waals surface area (Å²) < 4.78 is 24.1. The summed E-state index contributed by atoms with van der Waals surface area (Å²) in [5.41, 5.74) is 0.940. The van der Waals surface area contributed by atoms with E-state index in [-0.39, 0.29) is 23.1 Å². The summed E-state index contributed by atoms with van der Waals surface area (Å²) in [6.07, 6.45) is 3.08. The molecule has 0 spiro atoms. The Labute approximate surface area is 116 Å². The van der Waals surface area contributed by atoms with Gasteiger partial charge in [0, 0.05) is 24.5 Å². The van der Waals surface area contributed by atoms with E-state index < -0.39 is 9.84 Å². The highest BCUT2D eigenvalue weighted by Crippen LogP contribution is 2.31. The molecule has 1 aliphatic heterocycles. The van der Waals surface area contributed by atoms with Crippen LogP contribution in [0.2, 0.25) is 0 Å². The smallest absolute Gasteiger partial charge is 0.258 e. The Morgan fingerprint density at radius 2 is 1.80 bits per heavy atom. The van der Waals surface area contributed by atoms with Gasteiger partial charge in [0.15, 0.2) is 9.84 Å². The molecule has 6 heteroatoms. The van der Waals surface area contributed by atoms with E-state index in [1.54, 1.807) is 42.7 Å². The molecule has 0 bridgehead atoms. The minimum absolute atomic E-state index is 0.0547. The Balaban J connectivity index is 2.07. The van der Waals surface area contributed by atoms with Gasteiger partial charge in [0.2, 0.25) is 0 Å². The van der Waals surface area contributed by atoms with Crippen LogP contribution in [0.1, 0.15) is 10.4 Å². The monoisotopic (exact) mass is 288 g/mol. The SMILES string of the molecule is O=C(c1ccncc1)N1CCS(=O)(=O)c2ccccc21. The Kier molecular flexibility index (Phi) is 3.02. The molecular weight excluding hydrogens is 276 g/mol. The summed E-state index contributed by atoms with van der Waals surface area (Å²) in [5, 5.41) is 0. The van der Waals surface area contributed by atoms with E-state index in [1.807, 2.05) is 0 Å². The first kappa shape index (κ1) is 12.8. The van der Waals surface area contributed by atoms with Gasteiger partial charge in [-0.25, -0.2) is 8.42 Å². The summed E-state index contributed by atoms with van der Waals surface area (Å²) in [5.74, 6) is -0.268. The largest absolute Gasteiger partial charge is 0.306 e. The fraction of sp³-hybridized carbons (Fsp3) is 0.143. The average Bonchev–Trinajstić information content (AvgIpc) is 2.48. The molecule has 0 N–H and O–H groups in total. The van der Waals surface area contributed by atoms with Crippen molar-refractivity contribution in [2.24, 2.45) is 0 Å². The molecule has 5 nitrogen and oxygen atoms in total. The second-order valence-corrected chi connectivity index (χ2v) is 6.56. The number of fused-ring (bicyclic) bond motifs is 1. The number of carbonyl (C=O) groups is 1. The fourth-order valence-electron chi connectivity index (χ4n) is 2.25. The molecule has 2 heterocycles. The van der Waals surface area contributed by atoms with Gasteiger partial charge < -0.3 is 4.90 Å². The molecule has 1 aromatic carbocycles. The molecule has 2 aromatic rings. The van der Waals surface area contributed by atoms with Crippen molar-refractivity contribution >= 4 is 21.4 Å². The maximum atomic E-state index is 12.5. The first-order valence-corrected chi connectivity index (χ1v) is 7.78. The van der Waals surface area contributed by atoms with Crippen molar-refractivity contribution in [2.75, 3.05) is 17.2 Å². The molecule has 0 radical (unpaired) electrons. The van der Waals surface area contributed by atoms with Crippen LogP contribution in [0.15, 0.2) is 53.7 Å². The number of carbonyl (C=O) groups excluding carboxylic acids is 1. The standard InChI is InChI=1S/C14H12N2O3S/c17-14(11-5-7-15-8-6-11)16-9-10-20(18,19)13-4-2-1-3-12(13)16/h1-8H,9-10H2. The number of amides is 1. The third kappa shape index (κ3) is 2.08. The maximum absolute atomic E-state index is 12.5. The number of para-hydroxylation sites is 1. The molecule has 1 aromatic heterocycles. The summed E-state index contributed by atoms with van der Waals surface area (Å²) >= 11 is 0. The van der Waals surface area contributed by atoms with Gasteiger partial charge >= 0.3 is 0 Å². The van der Waals surface area contributed by atoms with Gasteiger partial charge in [0.05, 0.1) is 16.3 Å². The topological polar surface area (TPSA) is 67.3 Å². The van der Waals surface area contributed by atoms with E-state index in [9.17, 15) is 13.2 Å². The second-order valence-electron chi connectivity index (χ2n) is 4.48. The van der Waals surface area contributed by atoms with Crippen LogP contribution in [-0.4, -0.2) is 31.6 Å². The molecule has 1 aliphatic rings. The van der Waals surface area contributed by atoms with Crippen molar-refractivity contribution in [1.29, 1.82) is 0 Å². The fourth-order valence-corrected chi connectivity index (χ4v) is 3.67. The van der Waals surface area contributed by atoms with Crippen LogP contribution < -0.4 is 4.90 Å². The number of aromatic nitrogens is 1. The quantitative estimate of drug-likeness (QED) is 0.798. The highest BCUT2D eigenvalue weighted by atomic mass is 32.2. The first-order valence-electron chi connectivity index (χ1n) is 6.13. The predicted octanol–water partition coefficient (Wildman–Crippen LogP) is 1.52. The van der Waals surface area contributed by atoms with Gasteiger partial charge in [-0.1, -0.05) is 12.1 Å². The summed E-state index contributed by atoms with van der Waals surface area (Å²) in [6, 6.07) is 9.83. The number of pyridine rings is 1. The summed E-state index contributed by atoms with van der Waals surface area (Å²) in [4.78, 5) is 18.1. The zero-order chi connectivity index (χ0) is 14.2. The average molecular weight is 288 g/mol. The molecule has 102 valence electrons. The van der Waals surface area contributed by atoms with Crippen LogP contribution in [0.3, 0.4) is 0 Å². The van der Waals surface area contributed by atoms with Crippen LogP contribution in [0.4, 0.5) is 5.69 Å². The van der Waals surface area contributed by atoms with Crippen LogP contribution in [0, 0.1) is 0 Å². The first-order chi connectivity index (χ1) is 9.59. The lowest BCUT2D eigenvalue weighted by Crippen LogP contribution is -2.39. The number of sulfone groups is 1. The normalized spacial score (nSPS) is 16.5. The minimum atomic E-state index is -3.30. The number of anilines is 1. The van der Waals surface area contributed by atoms with E-state index in [2.05, 4.69) is 4.98 Å². The lowest BCUT2D eigenvalue weighted by Gasteiger charge is -2.29. The zero-order valence-electron chi connectivity index (χ0n) is 10.6. The highest BCUT2D eigenvalue weighted by molar-refractivity contribution is 7.91. The van der Waals surface area contributed by atoms with Crippen LogP contribution in [0.25, 0.3) is 0 Å². The molecule has 0 saturated carbocycles. The number of nitrogens with zero attached hydrogens (tertiary/aromatic N) is 2. The third-order valence-electron chi connectivity index (χ3n) is 3.25. The minimum Gasteiger partial charge on any atom is -0.306 e. The van der Waals surface area contributed by atoms with Crippen LogP contribution in [0.5, 0.6) is 0 Å². The Morgan fingerprint density at radius 3 is 2.55 bits per heavy atom. The molecule has 0 saturated heterocycles. The third-order valence-corrected chi connectivity index (χ3v) is 4.98. The molecule has 0 aliphatic carbocycles. The van der Waals surface area contributed by atoms with Crippen LogP contribution in [-0.2, 0) is 9.84 Å². The van der Waals surface area contributed by atoms with Gasteiger partial charge in [0.1, 0.15) is 0 Å². The van der Waals surface area contributed by atoms with Gasteiger partial charge in [-0.2, -0.15) is 0 Å². The van der Waals surface area contributed by atoms with Crippen molar-refractivity contribution in [1.82, 2.24) is 4.98 Å². The number of rotatable bonds is 1. The molecule has 20 heavy (non-hydrogen) atoms. The lowest BCUT2D eigenvalue weighted by atomic mass is 10.2. The Hall–Kier alpha value is -2.21. The van der Waals surface area contributed by atoms with Gasteiger partial charge in [0.25, 0.3) is 5.91 Å². The van der Waals surface area contributed by atoms with Crippen LogP contribution >= 0.6 is 0 Å². The van der Waals surface area contributed by atoms with Crippen molar-refractivity contribution in [3.05, 3.63) is 54.4 Å². The van der Waals surface area contributed by atoms with Crippen molar-refractivity contribution in [3.63, 3.8) is 0 Å². The van der Waals surface area contributed by atoms with E-state index in [0.717, 1.165) is 0 Å². The van der Waals surface area contributed by atoms with E-state index in [4.69, 9.17) is 0 Å². The van der Waals surface area contributed by atoms with Gasteiger partial charge in [-0.3, -0.25) is 9.78 Å². The molecular formula is C14H12N2O3S. The highest BCUT2D eigenvalue weighted by Gasteiger charge is 2.31. The van der Waals surface area contributed by atoms with Crippen molar-refractivity contribution < 1.29 is 13.2 Å². The number of benzene rings is 1. The number of hydrogen-bond acceptors (Lipinski definition) is 4. The Bertz CT molecular complexity index is 757. The molecule has 0 unspecified atom stereocenters. The van der Waals surface area contributed by atoms with Crippen molar-refractivity contribution in [3.8, 4) is 0 Å². The lowest BCUT2D eigenvalue weighted by molar-refractivity contribution is 0.0987. The van der Waals surface area contributed by atoms with E-state index in [0.29, 0.717) is 11.3 Å². The number of hydrogen-bond donors (Lipinski definition) is 0. The van der Waals surface area contributed by atoms with E-state index >= 15 is 0 Å². The van der Waals surface area contributed by atoms with Gasteiger partial charge in [-0.15, -0.1) is 0 Å². The van der Waals surface area contributed by atoms with E-state index in [1.165, 1.54) is 11.0 Å². The molecule has 0 fully saturated rings. The second kappa shape index (κ2) is 4.72. The maximum Gasteiger partial charge on any atom is 0.258 e. The summed E-state index contributed by atoms with van der Waals surface area (Å²) in [7, 11) is -3.30. The van der Waals surface area contributed by atoms with Crippen molar-refractivity contribution in [2.45, 2.75) is 4.90 Å². The predicted molar refractivity (Wildman–Crippen MR) is 74.4 cm³/mol. The Morgan fingerprint density at radius 1 is 1.10 bits per heavy atom. The molecule has 0 atom stereocenters. The summed E-state index contributed by atoms with van der Waals surface area (Å²) in [6.45, 7) is 0.167.